The molecule has 0 N–H and O–H groups in total. The molecule has 0 saturated carbocycles. The van der Waals surface area contributed by atoms with E-state index in [1.54, 1.807) is 0 Å². The van der Waals surface area contributed by atoms with Gasteiger partial charge in [0, 0.05) is 24.8 Å². The minimum Gasteiger partial charge on any atom is -0.464 e. The summed E-state index contributed by atoms with van der Waals surface area (Å²) in [4.78, 5) is 12.5. The maximum Gasteiger partial charge on any atom is 0.167 e. The van der Waals surface area contributed by atoms with Crippen LogP contribution in [0.3, 0.4) is 0 Å². The van der Waals surface area contributed by atoms with Crippen molar-refractivity contribution in [3.05, 3.63) is 83.3 Å². The second kappa shape index (κ2) is 5.88. The van der Waals surface area contributed by atoms with E-state index in [1.807, 2.05) is 36.4 Å². The largest absolute Gasteiger partial charge is 0.464 e. The number of carbonyl (C=O) groups excluding carboxylic acids is 1. The summed E-state index contributed by atoms with van der Waals surface area (Å²) in [7, 11) is 0. The summed E-state index contributed by atoms with van der Waals surface area (Å²) in [5, 5.41) is 0. The van der Waals surface area contributed by atoms with E-state index in [2.05, 4.69) is 24.3 Å². The Morgan fingerprint density at radius 3 is 2.26 bits per heavy atom. The summed E-state index contributed by atoms with van der Waals surface area (Å²) >= 11 is 0. The Labute approximate surface area is 135 Å². The molecular weight excluding hydrogens is 284 g/mol. The smallest absolute Gasteiger partial charge is 0.167 e. The molecule has 0 saturated heterocycles. The maximum absolute atomic E-state index is 12.5. The van der Waals surface area contributed by atoms with Gasteiger partial charge in [-0.25, -0.2) is 0 Å². The van der Waals surface area contributed by atoms with Crippen molar-refractivity contribution in [3.63, 3.8) is 0 Å². The van der Waals surface area contributed by atoms with Crippen molar-refractivity contribution in [3.8, 4) is 11.1 Å². The van der Waals surface area contributed by atoms with Crippen molar-refractivity contribution in [2.45, 2.75) is 25.7 Å². The quantitative estimate of drug-likeness (QED) is 0.677. The molecule has 2 nitrogen and oxygen atoms in total. The fraction of sp³-hybridized carbons (Fsp3) is 0.190. The van der Waals surface area contributed by atoms with Gasteiger partial charge in [-0.05, 0) is 17.5 Å². The van der Waals surface area contributed by atoms with E-state index in [1.165, 1.54) is 5.56 Å². The van der Waals surface area contributed by atoms with Crippen LogP contribution in [0.2, 0.25) is 0 Å². The Kier molecular flexibility index (Phi) is 3.58. The molecule has 1 aliphatic rings. The van der Waals surface area contributed by atoms with Crippen LogP contribution in [0.1, 0.15) is 40.3 Å². The highest BCUT2D eigenvalue weighted by molar-refractivity contribution is 6.04. The molecule has 23 heavy (non-hydrogen) atoms. The first-order valence-electron chi connectivity index (χ1n) is 8.10. The third-order valence-electron chi connectivity index (χ3n) is 4.41. The molecule has 0 amide bonds. The van der Waals surface area contributed by atoms with Gasteiger partial charge in [0.05, 0.1) is 5.56 Å². The SMILES string of the molecule is O=C1CCCc2oc(Cc3ccccc3)c(-c3ccccc3)c21. The highest BCUT2D eigenvalue weighted by Gasteiger charge is 2.28. The molecule has 2 aromatic carbocycles. The lowest BCUT2D eigenvalue weighted by Gasteiger charge is -2.10. The molecule has 0 unspecified atom stereocenters. The Morgan fingerprint density at radius 2 is 1.52 bits per heavy atom. The van der Waals surface area contributed by atoms with Gasteiger partial charge in [-0.1, -0.05) is 60.7 Å². The first-order valence-corrected chi connectivity index (χ1v) is 8.10. The molecule has 1 aliphatic carbocycles. The van der Waals surface area contributed by atoms with Crippen molar-refractivity contribution in [2.24, 2.45) is 0 Å². The van der Waals surface area contributed by atoms with Gasteiger partial charge < -0.3 is 4.42 Å². The van der Waals surface area contributed by atoms with Gasteiger partial charge in [0.1, 0.15) is 11.5 Å². The molecule has 3 aromatic rings. The molecular formula is C21H18O2. The lowest BCUT2D eigenvalue weighted by Crippen LogP contribution is -2.09. The third kappa shape index (κ3) is 2.61. The molecule has 0 atom stereocenters. The van der Waals surface area contributed by atoms with Gasteiger partial charge in [-0.2, -0.15) is 0 Å². The van der Waals surface area contributed by atoms with Crippen LogP contribution in [-0.2, 0) is 12.8 Å². The van der Waals surface area contributed by atoms with Crippen LogP contribution >= 0.6 is 0 Å². The summed E-state index contributed by atoms with van der Waals surface area (Å²) in [6.45, 7) is 0. The van der Waals surface area contributed by atoms with Crippen LogP contribution in [0.15, 0.2) is 65.1 Å². The molecule has 0 aliphatic heterocycles. The average Bonchev–Trinajstić information content (AvgIpc) is 2.96. The second-order valence-corrected chi connectivity index (χ2v) is 6.00. The van der Waals surface area contributed by atoms with Crippen molar-refractivity contribution in [1.82, 2.24) is 0 Å². The predicted molar refractivity (Wildman–Crippen MR) is 90.7 cm³/mol. The fourth-order valence-corrected chi connectivity index (χ4v) is 3.35. The number of carbonyl (C=O) groups is 1. The van der Waals surface area contributed by atoms with Crippen LogP contribution in [0.25, 0.3) is 11.1 Å². The molecule has 114 valence electrons. The van der Waals surface area contributed by atoms with Gasteiger partial charge >= 0.3 is 0 Å². The zero-order valence-electron chi connectivity index (χ0n) is 12.9. The van der Waals surface area contributed by atoms with Crippen LogP contribution in [0.4, 0.5) is 0 Å². The lowest BCUT2D eigenvalue weighted by atomic mass is 9.89. The standard InChI is InChI=1S/C21H18O2/c22-17-12-7-13-18-21(17)20(16-10-5-2-6-11-16)19(23-18)14-15-8-3-1-4-9-15/h1-6,8-11H,7,12-14H2. The molecule has 0 radical (unpaired) electrons. The van der Waals surface area contributed by atoms with Gasteiger partial charge in [-0.3, -0.25) is 4.79 Å². The first kappa shape index (κ1) is 14.0. The molecule has 0 spiro atoms. The number of hydrogen-bond acceptors (Lipinski definition) is 2. The number of ketones is 1. The van der Waals surface area contributed by atoms with Gasteiger partial charge in [0.25, 0.3) is 0 Å². The fourth-order valence-electron chi connectivity index (χ4n) is 3.35. The number of benzene rings is 2. The zero-order chi connectivity index (χ0) is 15.6. The van der Waals surface area contributed by atoms with Crippen molar-refractivity contribution in [2.75, 3.05) is 0 Å². The number of hydrogen-bond donors (Lipinski definition) is 0. The van der Waals surface area contributed by atoms with E-state index < -0.39 is 0 Å². The molecule has 0 fully saturated rings. The van der Waals surface area contributed by atoms with E-state index in [4.69, 9.17) is 4.42 Å². The minimum atomic E-state index is 0.216. The van der Waals surface area contributed by atoms with Gasteiger partial charge in [0.15, 0.2) is 5.78 Å². The lowest BCUT2D eigenvalue weighted by molar-refractivity contribution is 0.0970. The van der Waals surface area contributed by atoms with Crippen LogP contribution < -0.4 is 0 Å². The molecule has 4 rings (SSSR count). The highest BCUT2D eigenvalue weighted by Crippen LogP contribution is 2.38. The average molecular weight is 302 g/mol. The predicted octanol–water partition coefficient (Wildman–Crippen LogP) is 5.06. The summed E-state index contributed by atoms with van der Waals surface area (Å²) in [6, 6.07) is 20.4. The van der Waals surface area contributed by atoms with Crippen molar-refractivity contribution in [1.29, 1.82) is 0 Å². The minimum absolute atomic E-state index is 0.216. The van der Waals surface area contributed by atoms with Gasteiger partial charge in [0.2, 0.25) is 0 Å². The Hall–Kier alpha value is -2.61. The summed E-state index contributed by atoms with van der Waals surface area (Å²) in [5.74, 6) is 1.99. The van der Waals surface area contributed by atoms with Crippen LogP contribution in [0, 0.1) is 0 Å². The summed E-state index contributed by atoms with van der Waals surface area (Å²) in [5.41, 5.74) is 4.07. The van der Waals surface area contributed by atoms with Crippen molar-refractivity contribution < 1.29 is 9.21 Å². The number of fused-ring (bicyclic) bond motifs is 1. The number of Topliss-reactive ketones (excluding diaryl/α,β-unsaturated/α-hetero) is 1. The Bertz CT molecular complexity index is 829. The number of furan rings is 1. The normalized spacial score (nSPS) is 13.8. The summed E-state index contributed by atoms with van der Waals surface area (Å²) < 4.78 is 6.15. The molecule has 2 heteroatoms. The Morgan fingerprint density at radius 1 is 0.826 bits per heavy atom. The van der Waals surface area contributed by atoms with E-state index >= 15 is 0 Å². The molecule has 1 aromatic heterocycles. The number of rotatable bonds is 3. The second-order valence-electron chi connectivity index (χ2n) is 6.00. The van der Waals surface area contributed by atoms with E-state index in [9.17, 15) is 4.79 Å². The highest BCUT2D eigenvalue weighted by atomic mass is 16.3. The topological polar surface area (TPSA) is 30.2 Å². The van der Waals surface area contributed by atoms with Gasteiger partial charge in [-0.15, -0.1) is 0 Å². The van der Waals surface area contributed by atoms with Crippen LogP contribution in [0.5, 0.6) is 0 Å². The van der Waals surface area contributed by atoms with Crippen molar-refractivity contribution >= 4 is 5.78 Å². The third-order valence-corrected chi connectivity index (χ3v) is 4.41. The van der Waals surface area contributed by atoms with Crippen LogP contribution in [-0.4, -0.2) is 5.78 Å². The van der Waals surface area contributed by atoms with E-state index in [0.717, 1.165) is 41.1 Å². The zero-order valence-corrected chi connectivity index (χ0v) is 12.9. The maximum atomic E-state index is 12.5. The number of aryl methyl sites for hydroxylation is 1. The summed E-state index contributed by atoms with van der Waals surface area (Å²) in [6.07, 6.45) is 3.08. The Balaban J connectivity index is 1.87. The molecule has 0 bridgehead atoms. The van der Waals surface area contributed by atoms with E-state index in [0.29, 0.717) is 12.8 Å². The first-order chi connectivity index (χ1) is 11.3. The monoisotopic (exact) mass is 302 g/mol. The molecule has 1 heterocycles. The van der Waals surface area contributed by atoms with E-state index in [-0.39, 0.29) is 5.78 Å².